The summed E-state index contributed by atoms with van der Waals surface area (Å²) in [5.74, 6) is -2.04. The zero-order valence-corrected chi connectivity index (χ0v) is 16.0. The summed E-state index contributed by atoms with van der Waals surface area (Å²) in [4.78, 5) is 25.8. The standard InChI is InChI=1S/C19H23F2N3O4/c1-10-7-24(8-11(2)22-10)16-14(21)6-12-15(18(16)28-3)23(5-4-20)9-13(17(12)25)19(26)27/h6,9-11,22H,4-5,7-8H2,1-3H3,(H,26,27). The number of alkyl halides is 1. The highest BCUT2D eigenvalue weighted by Gasteiger charge is 2.29. The number of piperazine rings is 1. The van der Waals surface area contributed by atoms with Crippen molar-refractivity contribution in [2.45, 2.75) is 32.5 Å². The van der Waals surface area contributed by atoms with Gasteiger partial charge in [-0.25, -0.2) is 13.6 Å². The van der Waals surface area contributed by atoms with E-state index in [1.54, 1.807) is 0 Å². The Bertz CT molecular complexity index is 966. The van der Waals surface area contributed by atoms with E-state index in [4.69, 9.17) is 4.74 Å². The Labute approximate surface area is 160 Å². The second-order valence-electron chi connectivity index (χ2n) is 7.07. The number of rotatable bonds is 5. The van der Waals surface area contributed by atoms with Crippen molar-refractivity contribution in [3.63, 3.8) is 0 Å². The fourth-order valence-corrected chi connectivity index (χ4v) is 3.91. The highest BCUT2D eigenvalue weighted by molar-refractivity contribution is 5.97. The van der Waals surface area contributed by atoms with E-state index in [-0.39, 0.29) is 41.0 Å². The van der Waals surface area contributed by atoms with Gasteiger partial charge in [0.2, 0.25) is 5.43 Å². The highest BCUT2D eigenvalue weighted by Crippen LogP contribution is 2.38. The van der Waals surface area contributed by atoms with Crippen molar-refractivity contribution in [3.05, 3.63) is 33.9 Å². The molecule has 2 aromatic rings. The van der Waals surface area contributed by atoms with Crippen LogP contribution >= 0.6 is 0 Å². The molecule has 3 rings (SSSR count). The third-order valence-electron chi connectivity index (χ3n) is 4.88. The van der Waals surface area contributed by atoms with Gasteiger partial charge in [0, 0.05) is 31.4 Å². The maximum atomic E-state index is 15.1. The second-order valence-corrected chi connectivity index (χ2v) is 7.07. The number of carboxylic acid groups (broad SMARTS) is 1. The maximum absolute atomic E-state index is 15.1. The fourth-order valence-electron chi connectivity index (χ4n) is 3.91. The first-order valence-electron chi connectivity index (χ1n) is 9.02. The van der Waals surface area contributed by atoms with Crippen LogP contribution < -0.4 is 20.4 Å². The number of nitrogens with zero attached hydrogens (tertiary/aromatic N) is 2. The number of aromatic carboxylic acids is 1. The quantitative estimate of drug-likeness (QED) is 0.806. The first kappa shape index (κ1) is 20.1. The fraction of sp³-hybridized carbons (Fsp3) is 0.474. The topological polar surface area (TPSA) is 83.8 Å². The third kappa shape index (κ3) is 3.42. The van der Waals surface area contributed by atoms with Gasteiger partial charge in [-0.15, -0.1) is 0 Å². The second kappa shape index (κ2) is 7.75. The molecule has 1 aromatic carbocycles. The van der Waals surface area contributed by atoms with Crippen molar-refractivity contribution in [1.29, 1.82) is 0 Å². The van der Waals surface area contributed by atoms with Crippen LogP contribution in [0.5, 0.6) is 5.75 Å². The smallest absolute Gasteiger partial charge is 0.341 e. The van der Waals surface area contributed by atoms with Gasteiger partial charge in [0.25, 0.3) is 0 Å². The molecule has 0 saturated carbocycles. The number of aryl methyl sites for hydroxylation is 1. The Hall–Kier alpha value is -2.68. The number of methoxy groups -OCH3 is 1. The molecule has 0 aliphatic carbocycles. The largest absolute Gasteiger partial charge is 0.492 e. The number of halogens is 2. The summed E-state index contributed by atoms with van der Waals surface area (Å²) in [6.07, 6.45) is 1.08. The normalized spacial score (nSPS) is 19.8. The molecule has 9 heteroatoms. The van der Waals surface area contributed by atoms with Crippen LogP contribution in [0.1, 0.15) is 24.2 Å². The number of anilines is 1. The highest BCUT2D eigenvalue weighted by atomic mass is 19.1. The zero-order chi connectivity index (χ0) is 20.6. The van der Waals surface area contributed by atoms with Gasteiger partial charge in [-0.3, -0.25) is 4.79 Å². The molecule has 1 aromatic heterocycles. The summed E-state index contributed by atoms with van der Waals surface area (Å²) >= 11 is 0. The SMILES string of the molecule is COc1c(N2CC(C)NC(C)C2)c(F)cc2c(=O)c(C(=O)O)cn(CCF)c12. The molecule has 0 amide bonds. The summed E-state index contributed by atoms with van der Waals surface area (Å²) in [5.41, 5.74) is -1.00. The summed E-state index contributed by atoms with van der Waals surface area (Å²) in [5, 5.41) is 12.5. The Kier molecular flexibility index (Phi) is 5.55. The van der Waals surface area contributed by atoms with E-state index >= 15 is 4.39 Å². The van der Waals surface area contributed by atoms with Crippen LogP contribution in [0, 0.1) is 5.82 Å². The van der Waals surface area contributed by atoms with Crippen LogP contribution in [0.4, 0.5) is 14.5 Å². The lowest BCUT2D eigenvalue weighted by atomic mass is 10.1. The molecule has 2 unspecified atom stereocenters. The van der Waals surface area contributed by atoms with E-state index in [1.807, 2.05) is 18.7 Å². The molecule has 2 atom stereocenters. The van der Waals surface area contributed by atoms with Crippen molar-refractivity contribution in [3.8, 4) is 5.75 Å². The average Bonchev–Trinajstić information content (AvgIpc) is 2.62. The van der Waals surface area contributed by atoms with E-state index in [2.05, 4.69) is 5.32 Å². The van der Waals surface area contributed by atoms with Crippen LogP contribution in [-0.4, -0.2) is 54.6 Å². The summed E-state index contributed by atoms with van der Waals surface area (Å²) in [6.45, 7) is 4.02. The number of pyridine rings is 1. The number of aromatic nitrogens is 1. The first-order chi connectivity index (χ1) is 13.3. The first-order valence-corrected chi connectivity index (χ1v) is 9.02. The van der Waals surface area contributed by atoms with Gasteiger partial charge >= 0.3 is 5.97 Å². The van der Waals surface area contributed by atoms with Gasteiger partial charge in [0.1, 0.15) is 17.9 Å². The Morgan fingerprint density at radius 2 is 2.00 bits per heavy atom. The minimum absolute atomic E-state index is 0.0961. The molecule has 28 heavy (non-hydrogen) atoms. The van der Waals surface area contributed by atoms with Crippen molar-refractivity contribution in [1.82, 2.24) is 9.88 Å². The molecule has 0 spiro atoms. The van der Waals surface area contributed by atoms with Crippen LogP contribution in [0.3, 0.4) is 0 Å². The molecule has 0 bridgehead atoms. The molecule has 1 aliphatic rings. The van der Waals surface area contributed by atoms with E-state index in [9.17, 15) is 19.1 Å². The Balaban J connectivity index is 2.34. The molecule has 152 valence electrons. The van der Waals surface area contributed by atoms with Gasteiger partial charge in [-0.1, -0.05) is 0 Å². The van der Waals surface area contributed by atoms with Crippen LogP contribution in [0.2, 0.25) is 0 Å². The molecular weight excluding hydrogens is 372 g/mol. The lowest BCUT2D eigenvalue weighted by Crippen LogP contribution is -2.54. The van der Waals surface area contributed by atoms with Gasteiger partial charge in [-0.05, 0) is 19.9 Å². The molecule has 1 saturated heterocycles. The van der Waals surface area contributed by atoms with Crippen LogP contribution in [0.25, 0.3) is 10.9 Å². The third-order valence-corrected chi connectivity index (χ3v) is 4.88. The predicted octanol–water partition coefficient (Wildman–Crippen LogP) is 2.00. The number of fused-ring (bicyclic) bond motifs is 1. The minimum atomic E-state index is -1.45. The lowest BCUT2D eigenvalue weighted by Gasteiger charge is -2.38. The number of benzene rings is 1. The van der Waals surface area contributed by atoms with Gasteiger partial charge < -0.3 is 24.6 Å². The Morgan fingerprint density at radius 1 is 1.36 bits per heavy atom. The molecule has 2 heterocycles. The van der Waals surface area contributed by atoms with E-state index in [1.165, 1.54) is 11.7 Å². The molecule has 2 N–H and O–H groups in total. The van der Waals surface area contributed by atoms with Crippen molar-refractivity contribution in [2.24, 2.45) is 0 Å². The number of carboxylic acids is 1. The van der Waals surface area contributed by atoms with E-state index in [0.717, 1.165) is 12.3 Å². The van der Waals surface area contributed by atoms with Gasteiger partial charge in [-0.2, -0.15) is 0 Å². The van der Waals surface area contributed by atoms with Crippen molar-refractivity contribution >= 4 is 22.6 Å². The summed E-state index contributed by atoms with van der Waals surface area (Å²) in [7, 11) is 1.35. The molecule has 1 fully saturated rings. The minimum Gasteiger partial charge on any atom is -0.492 e. The summed E-state index contributed by atoms with van der Waals surface area (Å²) < 4.78 is 35.0. The van der Waals surface area contributed by atoms with Gasteiger partial charge in [0.05, 0.1) is 24.6 Å². The number of ether oxygens (including phenoxy) is 1. The maximum Gasteiger partial charge on any atom is 0.341 e. The van der Waals surface area contributed by atoms with Crippen molar-refractivity contribution in [2.75, 3.05) is 31.8 Å². The van der Waals surface area contributed by atoms with Gasteiger partial charge in [0.15, 0.2) is 11.6 Å². The number of carbonyl (C=O) groups is 1. The number of hydrogen-bond acceptors (Lipinski definition) is 5. The van der Waals surface area contributed by atoms with Crippen molar-refractivity contribution < 1.29 is 23.4 Å². The lowest BCUT2D eigenvalue weighted by molar-refractivity contribution is 0.0694. The molecule has 0 radical (unpaired) electrons. The monoisotopic (exact) mass is 395 g/mol. The summed E-state index contributed by atoms with van der Waals surface area (Å²) in [6, 6.07) is 1.23. The number of hydrogen-bond donors (Lipinski definition) is 2. The number of nitrogens with one attached hydrogen (secondary N) is 1. The zero-order valence-electron chi connectivity index (χ0n) is 16.0. The van der Waals surface area contributed by atoms with E-state index < -0.39 is 29.5 Å². The molecule has 1 aliphatic heterocycles. The van der Waals surface area contributed by atoms with Crippen LogP contribution in [0.15, 0.2) is 17.1 Å². The average molecular weight is 395 g/mol. The molecule has 7 nitrogen and oxygen atoms in total. The van der Waals surface area contributed by atoms with Crippen LogP contribution in [-0.2, 0) is 6.54 Å². The predicted molar refractivity (Wildman–Crippen MR) is 102 cm³/mol. The van der Waals surface area contributed by atoms with E-state index in [0.29, 0.717) is 13.1 Å². The Morgan fingerprint density at radius 3 is 2.54 bits per heavy atom. The molecular formula is C19H23F2N3O4.